The fourth-order valence-electron chi connectivity index (χ4n) is 1.98. The van der Waals surface area contributed by atoms with E-state index in [1.54, 1.807) is 10.6 Å². The van der Waals surface area contributed by atoms with Gasteiger partial charge in [-0.25, -0.2) is 18.5 Å². The van der Waals surface area contributed by atoms with Gasteiger partial charge in [-0.3, -0.25) is 4.57 Å². The topological polar surface area (TPSA) is 104 Å². The highest BCUT2D eigenvalue weighted by molar-refractivity contribution is 7.89. The van der Waals surface area contributed by atoms with Crippen LogP contribution in [0.2, 0.25) is 0 Å². The lowest BCUT2D eigenvalue weighted by atomic mass is 10.3. The summed E-state index contributed by atoms with van der Waals surface area (Å²) in [5.41, 5.74) is 1.44. The molecule has 2 aromatic rings. The van der Waals surface area contributed by atoms with Crippen molar-refractivity contribution < 1.29 is 8.42 Å². The van der Waals surface area contributed by atoms with Gasteiger partial charge in [0.15, 0.2) is 5.82 Å². The second-order valence-corrected chi connectivity index (χ2v) is 6.07. The van der Waals surface area contributed by atoms with E-state index in [4.69, 9.17) is 5.14 Å². The van der Waals surface area contributed by atoms with Gasteiger partial charge in [-0.15, -0.1) is 10.2 Å². The minimum atomic E-state index is -3.87. The molecule has 3 rings (SSSR count). The minimum absolute atomic E-state index is 0.0978. The van der Waals surface area contributed by atoms with Crippen molar-refractivity contribution in [1.82, 2.24) is 19.7 Å². The lowest BCUT2D eigenvalue weighted by molar-refractivity contribution is 0.567. The molecule has 1 aliphatic rings. The number of pyridine rings is 1. The molecular formula is C11H13N5O2S. The molecular weight excluding hydrogens is 266 g/mol. The Labute approximate surface area is 110 Å². The molecule has 1 fully saturated rings. The minimum Gasteiger partial charge on any atom is -0.292 e. The van der Waals surface area contributed by atoms with Gasteiger partial charge in [0.2, 0.25) is 0 Å². The second-order valence-electron chi connectivity index (χ2n) is 4.62. The van der Waals surface area contributed by atoms with Gasteiger partial charge >= 0.3 is 0 Å². The third kappa shape index (κ3) is 2.24. The van der Waals surface area contributed by atoms with E-state index in [1.165, 1.54) is 0 Å². The maximum absolute atomic E-state index is 11.5. The van der Waals surface area contributed by atoms with Crippen LogP contribution in [-0.4, -0.2) is 28.2 Å². The highest BCUT2D eigenvalue weighted by Crippen LogP contribution is 2.39. The van der Waals surface area contributed by atoms with Crippen LogP contribution in [0.1, 0.15) is 24.6 Å². The summed E-state index contributed by atoms with van der Waals surface area (Å²) in [6.07, 6.45) is 1.80. The number of primary sulfonamides is 1. The van der Waals surface area contributed by atoms with Crippen LogP contribution in [0.5, 0.6) is 0 Å². The van der Waals surface area contributed by atoms with Crippen molar-refractivity contribution in [3.05, 3.63) is 23.9 Å². The summed E-state index contributed by atoms with van der Waals surface area (Å²) in [5, 5.41) is 12.6. The molecule has 1 aliphatic carbocycles. The standard InChI is InChI=1S/C11H13N5O2S/c1-7-3-2-4-9(13-7)10-14-15-11(19(12,17)18)16(10)8-5-6-8/h2-4,8H,5-6H2,1H3,(H2,12,17,18). The molecule has 19 heavy (non-hydrogen) atoms. The average molecular weight is 279 g/mol. The number of nitrogens with two attached hydrogens (primary N) is 1. The molecule has 0 atom stereocenters. The summed E-state index contributed by atoms with van der Waals surface area (Å²) < 4.78 is 24.6. The van der Waals surface area contributed by atoms with Crippen LogP contribution in [0.3, 0.4) is 0 Å². The summed E-state index contributed by atoms with van der Waals surface area (Å²) >= 11 is 0. The Balaban J connectivity index is 2.20. The summed E-state index contributed by atoms with van der Waals surface area (Å²) in [6.45, 7) is 1.86. The Morgan fingerprint density at radius 1 is 1.32 bits per heavy atom. The molecule has 2 aromatic heterocycles. The van der Waals surface area contributed by atoms with E-state index in [-0.39, 0.29) is 11.2 Å². The van der Waals surface area contributed by atoms with Gasteiger partial charge in [-0.1, -0.05) is 6.07 Å². The van der Waals surface area contributed by atoms with Gasteiger partial charge in [0.1, 0.15) is 5.69 Å². The van der Waals surface area contributed by atoms with Crippen LogP contribution in [0, 0.1) is 6.92 Å². The van der Waals surface area contributed by atoms with Crippen LogP contribution in [-0.2, 0) is 10.0 Å². The number of rotatable bonds is 3. The van der Waals surface area contributed by atoms with Crippen LogP contribution in [0.4, 0.5) is 0 Å². The van der Waals surface area contributed by atoms with Gasteiger partial charge in [0, 0.05) is 11.7 Å². The molecule has 0 radical (unpaired) electrons. The molecule has 2 N–H and O–H groups in total. The van der Waals surface area contributed by atoms with Gasteiger partial charge in [0.05, 0.1) is 0 Å². The molecule has 100 valence electrons. The second kappa shape index (κ2) is 4.10. The zero-order valence-corrected chi connectivity index (χ0v) is 11.1. The molecule has 0 bridgehead atoms. The van der Waals surface area contributed by atoms with E-state index in [2.05, 4.69) is 15.2 Å². The lowest BCUT2D eigenvalue weighted by Crippen LogP contribution is -2.18. The van der Waals surface area contributed by atoms with Crippen molar-refractivity contribution in [2.75, 3.05) is 0 Å². The predicted octanol–water partition coefficient (Wildman–Crippen LogP) is 0.631. The van der Waals surface area contributed by atoms with Crippen LogP contribution < -0.4 is 5.14 Å². The monoisotopic (exact) mass is 279 g/mol. The van der Waals surface area contributed by atoms with Crippen LogP contribution >= 0.6 is 0 Å². The third-order valence-electron chi connectivity index (χ3n) is 2.95. The summed E-state index contributed by atoms with van der Waals surface area (Å²) in [5.74, 6) is 0.454. The van der Waals surface area contributed by atoms with E-state index >= 15 is 0 Å². The average Bonchev–Trinajstić information content (AvgIpc) is 3.06. The Kier molecular flexibility index (Phi) is 2.64. The van der Waals surface area contributed by atoms with E-state index < -0.39 is 10.0 Å². The number of sulfonamides is 1. The first-order chi connectivity index (χ1) is 8.97. The number of hydrogen-bond acceptors (Lipinski definition) is 5. The van der Waals surface area contributed by atoms with Crippen molar-refractivity contribution in [1.29, 1.82) is 0 Å². The maximum Gasteiger partial charge on any atom is 0.273 e. The Morgan fingerprint density at radius 2 is 2.05 bits per heavy atom. The smallest absolute Gasteiger partial charge is 0.273 e. The molecule has 0 amide bonds. The molecule has 2 heterocycles. The van der Waals surface area contributed by atoms with E-state index in [0.29, 0.717) is 11.5 Å². The molecule has 8 heteroatoms. The van der Waals surface area contributed by atoms with Crippen LogP contribution in [0.25, 0.3) is 11.5 Å². The highest BCUT2D eigenvalue weighted by Gasteiger charge is 2.33. The zero-order valence-electron chi connectivity index (χ0n) is 10.3. The lowest BCUT2D eigenvalue weighted by Gasteiger charge is -2.07. The summed E-state index contributed by atoms with van der Waals surface area (Å²) in [7, 11) is -3.87. The Hall–Kier alpha value is -1.80. The van der Waals surface area contributed by atoms with Crippen LogP contribution in [0.15, 0.2) is 23.4 Å². The Morgan fingerprint density at radius 3 is 2.63 bits per heavy atom. The zero-order chi connectivity index (χ0) is 13.6. The summed E-state index contributed by atoms with van der Waals surface area (Å²) in [4.78, 5) is 4.35. The molecule has 1 saturated carbocycles. The van der Waals surface area contributed by atoms with E-state index in [0.717, 1.165) is 18.5 Å². The first kappa shape index (κ1) is 12.2. The summed E-state index contributed by atoms with van der Waals surface area (Å²) in [6, 6.07) is 5.59. The quantitative estimate of drug-likeness (QED) is 0.887. The van der Waals surface area contributed by atoms with E-state index in [1.807, 2.05) is 19.1 Å². The Bertz CT molecular complexity index is 733. The molecule has 0 aliphatic heterocycles. The normalized spacial score (nSPS) is 15.7. The first-order valence-corrected chi connectivity index (χ1v) is 7.43. The molecule has 0 saturated heterocycles. The van der Waals surface area contributed by atoms with Crippen molar-refractivity contribution in [3.63, 3.8) is 0 Å². The predicted molar refractivity (Wildman–Crippen MR) is 67.6 cm³/mol. The van der Waals surface area contributed by atoms with Crippen molar-refractivity contribution >= 4 is 10.0 Å². The van der Waals surface area contributed by atoms with Gasteiger partial charge in [-0.2, -0.15) is 0 Å². The highest BCUT2D eigenvalue weighted by atomic mass is 32.2. The van der Waals surface area contributed by atoms with E-state index in [9.17, 15) is 8.42 Å². The number of nitrogens with zero attached hydrogens (tertiary/aromatic N) is 4. The molecule has 7 nitrogen and oxygen atoms in total. The van der Waals surface area contributed by atoms with Crippen molar-refractivity contribution in [3.8, 4) is 11.5 Å². The largest absolute Gasteiger partial charge is 0.292 e. The van der Waals surface area contributed by atoms with Gasteiger partial charge in [0.25, 0.3) is 15.2 Å². The number of aromatic nitrogens is 4. The van der Waals surface area contributed by atoms with Gasteiger partial charge in [-0.05, 0) is 31.9 Å². The fourth-order valence-corrected chi connectivity index (χ4v) is 2.64. The molecule has 0 unspecified atom stereocenters. The van der Waals surface area contributed by atoms with Crippen molar-refractivity contribution in [2.24, 2.45) is 5.14 Å². The number of hydrogen-bond donors (Lipinski definition) is 1. The maximum atomic E-state index is 11.5. The molecule has 0 aromatic carbocycles. The fraction of sp³-hybridized carbons (Fsp3) is 0.364. The SMILES string of the molecule is Cc1cccc(-c2nnc(S(N)(=O)=O)n2C2CC2)n1. The molecule has 0 spiro atoms. The van der Waals surface area contributed by atoms with Gasteiger partial charge < -0.3 is 0 Å². The van der Waals surface area contributed by atoms with Crippen molar-refractivity contribution in [2.45, 2.75) is 31.0 Å². The number of aryl methyl sites for hydroxylation is 1. The first-order valence-electron chi connectivity index (χ1n) is 5.88. The third-order valence-corrected chi connectivity index (χ3v) is 3.74.